The highest BCUT2D eigenvalue weighted by atomic mass is 16.3. The number of carbonyl (C=O) groups excluding carboxylic acids is 2. The molecule has 1 aromatic heterocycles. The number of para-hydroxylation sites is 2. The second-order valence-corrected chi connectivity index (χ2v) is 6.53. The van der Waals surface area contributed by atoms with Crippen molar-refractivity contribution in [3.8, 4) is 0 Å². The summed E-state index contributed by atoms with van der Waals surface area (Å²) >= 11 is 0. The van der Waals surface area contributed by atoms with Gasteiger partial charge in [0.1, 0.15) is 11.3 Å². The molecule has 138 valence electrons. The molecule has 5 heteroatoms. The molecule has 1 N–H and O–H groups in total. The molecule has 0 radical (unpaired) electrons. The van der Waals surface area contributed by atoms with E-state index >= 15 is 0 Å². The van der Waals surface area contributed by atoms with Gasteiger partial charge in [-0.1, -0.05) is 36.4 Å². The normalized spacial score (nSPS) is 11.1. The number of fused-ring (bicyclic) bond motifs is 1. The molecule has 2 amide bonds. The van der Waals surface area contributed by atoms with E-state index in [1.54, 1.807) is 13.1 Å². The average molecular weight is 362 g/mol. The number of carbonyl (C=O) groups is 2. The Morgan fingerprint density at radius 1 is 1.07 bits per heavy atom. The first-order valence-electron chi connectivity index (χ1n) is 8.72. The van der Waals surface area contributed by atoms with E-state index < -0.39 is 0 Å². The number of hydrogen-bond acceptors (Lipinski definition) is 3. The first kappa shape index (κ1) is 18.5. The van der Waals surface area contributed by atoms with Gasteiger partial charge in [-0.25, -0.2) is 0 Å². The van der Waals surface area contributed by atoms with E-state index in [9.17, 15) is 9.59 Å². The van der Waals surface area contributed by atoms with Crippen molar-refractivity contribution >= 4 is 34.5 Å². The number of aryl methyl sites for hydroxylation is 2. The standard InChI is InChI=1S/C22H22N2O3/c1-15-7-6-8-16(2)22(15)23-20(25)14-24(3)21(26)12-11-18-13-17-9-4-5-10-19(17)27-18/h4-13H,14H2,1-3H3,(H,23,25)/b12-11+. The van der Waals surface area contributed by atoms with Crippen LogP contribution in [0.2, 0.25) is 0 Å². The maximum atomic E-state index is 12.3. The van der Waals surface area contributed by atoms with Gasteiger partial charge < -0.3 is 14.6 Å². The SMILES string of the molecule is Cc1cccc(C)c1NC(=O)CN(C)C(=O)/C=C/c1cc2ccccc2o1. The Kier molecular flexibility index (Phi) is 5.41. The number of amides is 2. The molecule has 27 heavy (non-hydrogen) atoms. The summed E-state index contributed by atoms with van der Waals surface area (Å²) in [5.41, 5.74) is 3.54. The monoisotopic (exact) mass is 362 g/mol. The summed E-state index contributed by atoms with van der Waals surface area (Å²) in [5.74, 6) is 0.0884. The Bertz CT molecular complexity index is 964. The first-order chi connectivity index (χ1) is 12.9. The lowest BCUT2D eigenvalue weighted by Crippen LogP contribution is -2.34. The van der Waals surface area contributed by atoms with Crippen LogP contribution in [0.1, 0.15) is 16.9 Å². The van der Waals surface area contributed by atoms with Crippen molar-refractivity contribution in [2.45, 2.75) is 13.8 Å². The zero-order chi connectivity index (χ0) is 19.4. The summed E-state index contributed by atoms with van der Waals surface area (Å²) in [6.45, 7) is 3.85. The molecule has 0 aliphatic heterocycles. The highest BCUT2D eigenvalue weighted by molar-refractivity contribution is 5.98. The summed E-state index contributed by atoms with van der Waals surface area (Å²) in [6.07, 6.45) is 3.02. The summed E-state index contributed by atoms with van der Waals surface area (Å²) in [7, 11) is 1.59. The van der Waals surface area contributed by atoms with E-state index in [0.29, 0.717) is 5.76 Å². The van der Waals surface area contributed by atoms with Crippen LogP contribution in [0, 0.1) is 13.8 Å². The molecule has 0 atom stereocenters. The molecule has 0 saturated carbocycles. The highest BCUT2D eigenvalue weighted by Gasteiger charge is 2.13. The van der Waals surface area contributed by atoms with Crippen LogP contribution >= 0.6 is 0 Å². The second kappa shape index (κ2) is 7.91. The van der Waals surface area contributed by atoms with Gasteiger partial charge in [0.2, 0.25) is 11.8 Å². The lowest BCUT2D eigenvalue weighted by Gasteiger charge is -2.16. The average Bonchev–Trinajstić information content (AvgIpc) is 3.05. The van der Waals surface area contributed by atoms with Crippen molar-refractivity contribution in [1.82, 2.24) is 4.90 Å². The predicted molar refractivity (Wildman–Crippen MR) is 107 cm³/mol. The van der Waals surface area contributed by atoms with Gasteiger partial charge in [0.25, 0.3) is 0 Å². The number of nitrogens with zero attached hydrogens (tertiary/aromatic N) is 1. The summed E-state index contributed by atoms with van der Waals surface area (Å²) in [6, 6.07) is 15.3. The van der Waals surface area contributed by atoms with Crippen LogP contribution < -0.4 is 5.32 Å². The molecule has 0 bridgehead atoms. The third-order valence-corrected chi connectivity index (χ3v) is 4.34. The first-order valence-corrected chi connectivity index (χ1v) is 8.72. The van der Waals surface area contributed by atoms with Gasteiger partial charge in [-0.05, 0) is 43.2 Å². The lowest BCUT2D eigenvalue weighted by molar-refractivity contribution is -0.129. The minimum atomic E-state index is -0.271. The third kappa shape index (κ3) is 4.44. The van der Waals surface area contributed by atoms with Crippen LogP contribution in [0.3, 0.4) is 0 Å². The molecule has 3 rings (SSSR count). The van der Waals surface area contributed by atoms with E-state index in [0.717, 1.165) is 27.8 Å². The second-order valence-electron chi connectivity index (χ2n) is 6.53. The molecule has 5 nitrogen and oxygen atoms in total. The number of furan rings is 1. The number of benzene rings is 2. The Morgan fingerprint density at radius 2 is 1.78 bits per heavy atom. The van der Waals surface area contributed by atoms with Gasteiger partial charge >= 0.3 is 0 Å². The minimum Gasteiger partial charge on any atom is -0.457 e. The molecular weight excluding hydrogens is 340 g/mol. The van der Waals surface area contributed by atoms with Crippen LogP contribution in [-0.2, 0) is 9.59 Å². The van der Waals surface area contributed by atoms with E-state index in [4.69, 9.17) is 4.42 Å². The van der Waals surface area contributed by atoms with E-state index in [1.807, 2.05) is 62.4 Å². The molecule has 0 aliphatic rings. The maximum absolute atomic E-state index is 12.3. The van der Waals surface area contributed by atoms with Gasteiger partial charge in [-0.2, -0.15) is 0 Å². The molecular formula is C22H22N2O3. The van der Waals surface area contributed by atoms with Gasteiger partial charge in [-0.15, -0.1) is 0 Å². The fraction of sp³-hybridized carbons (Fsp3) is 0.182. The van der Waals surface area contributed by atoms with E-state index in [1.165, 1.54) is 11.0 Å². The number of hydrogen-bond donors (Lipinski definition) is 1. The molecule has 1 heterocycles. The Labute approximate surface area is 158 Å². The van der Waals surface area contributed by atoms with Gasteiger partial charge in [0.15, 0.2) is 0 Å². The quantitative estimate of drug-likeness (QED) is 0.693. The fourth-order valence-corrected chi connectivity index (χ4v) is 2.85. The van der Waals surface area contributed by atoms with Crippen molar-refractivity contribution < 1.29 is 14.0 Å². The predicted octanol–water partition coefficient (Wildman–Crippen LogP) is 4.16. The fourth-order valence-electron chi connectivity index (χ4n) is 2.85. The largest absolute Gasteiger partial charge is 0.457 e. The topological polar surface area (TPSA) is 62.6 Å². The van der Waals surface area contributed by atoms with Crippen molar-refractivity contribution in [3.63, 3.8) is 0 Å². The number of likely N-dealkylation sites (N-methyl/N-ethyl adjacent to an activating group) is 1. The Morgan fingerprint density at radius 3 is 2.48 bits per heavy atom. The molecule has 0 fully saturated rings. The molecule has 0 unspecified atom stereocenters. The van der Waals surface area contributed by atoms with Gasteiger partial charge in [0.05, 0.1) is 6.54 Å². The van der Waals surface area contributed by atoms with Crippen LogP contribution in [0.5, 0.6) is 0 Å². The maximum Gasteiger partial charge on any atom is 0.246 e. The zero-order valence-corrected chi connectivity index (χ0v) is 15.7. The molecule has 0 saturated heterocycles. The summed E-state index contributed by atoms with van der Waals surface area (Å²) < 4.78 is 5.65. The number of rotatable bonds is 5. The van der Waals surface area contributed by atoms with Crippen molar-refractivity contribution in [3.05, 3.63) is 71.5 Å². The van der Waals surface area contributed by atoms with Crippen LogP contribution in [-0.4, -0.2) is 30.3 Å². The van der Waals surface area contributed by atoms with Crippen LogP contribution in [0.15, 0.2) is 59.0 Å². The zero-order valence-electron chi connectivity index (χ0n) is 15.7. The molecule has 2 aromatic carbocycles. The Hall–Kier alpha value is -3.34. The highest BCUT2D eigenvalue weighted by Crippen LogP contribution is 2.20. The van der Waals surface area contributed by atoms with Crippen LogP contribution in [0.4, 0.5) is 5.69 Å². The number of nitrogens with one attached hydrogen (secondary N) is 1. The van der Waals surface area contributed by atoms with Crippen LogP contribution in [0.25, 0.3) is 17.0 Å². The van der Waals surface area contributed by atoms with E-state index in [-0.39, 0.29) is 18.4 Å². The number of anilines is 1. The Balaban J connectivity index is 1.60. The minimum absolute atomic E-state index is 0.0307. The lowest BCUT2D eigenvalue weighted by atomic mass is 10.1. The van der Waals surface area contributed by atoms with E-state index in [2.05, 4.69) is 5.32 Å². The third-order valence-electron chi connectivity index (χ3n) is 4.34. The molecule has 3 aromatic rings. The summed E-state index contributed by atoms with van der Waals surface area (Å²) in [4.78, 5) is 25.9. The smallest absolute Gasteiger partial charge is 0.246 e. The van der Waals surface area contributed by atoms with Crippen molar-refractivity contribution in [2.24, 2.45) is 0 Å². The van der Waals surface area contributed by atoms with Gasteiger partial charge in [0, 0.05) is 24.2 Å². The van der Waals surface area contributed by atoms with Crippen molar-refractivity contribution in [1.29, 1.82) is 0 Å². The molecule has 0 spiro atoms. The van der Waals surface area contributed by atoms with Gasteiger partial charge in [-0.3, -0.25) is 9.59 Å². The summed E-state index contributed by atoms with van der Waals surface area (Å²) in [5, 5.41) is 3.86. The van der Waals surface area contributed by atoms with Crippen molar-refractivity contribution in [2.75, 3.05) is 18.9 Å². The molecule has 0 aliphatic carbocycles.